The molecule has 0 N–H and O–H groups in total. The molecule has 1 heteroatoms. The third-order valence-corrected chi connectivity index (χ3v) is 5.78. The van der Waals surface area contributed by atoms with Gasteiger partial charge in [0.2, 0.25) is 0 Å². The van der Waals surface area contributed by atoms with Crippen LogP contribution in [0.4, 0.5) is 0 Å². The molecule has 0 saturated carbocycles. The van der Waals surface area contributed by atoms with Crippen molar-refractivity contribution in [2.45, 2.75) is 19.3 Å². The number of ketones is 1. The van der Waals surface area contributed by atoms with Gasteiger partial charge in [0.1, 0.15) is 0 Å². The number of carbonyl (C=O) groups is 1. The van der Waals surface area contributed by atoms with E-state index < -0.39 is 0 Å². The van der Waals surface area contributed by atoms with Gasteiger partial charge in [0.05, 0.1) is 0 Å². The Hall–Kier alpha value is -3.45. The van der Waals surface area contributed by atoms with E-state index in [0.717, 1.165) is 41.5 Å². The summed E-state index contributed by atoms with van der Waals surface area (Å²) in [5, 5.41) is 0. The van der Waals surface area contributed by atoms with Crippen molar-refractivity contribution < 1.29 is 4.79 Å². The molecule has 0 fully saturated rings. The Morgan fingerprint density at radius 1 is 0.724 bits per heavy atom. The second-order valence-electron chi connectivity index (χ2n) is 7.63. The highest BCUT2D eigenvalue weighted by molar-refractivity contribution is 6.17. The molecule has 3 aromatic rings. The average Bonchev–Trinajstić information content (AvgIpc) is 2.79. The van der Waals surface area contributed by atoms with Gasteiger partial charge in [-0.05, 0) is 58.7 Å². The molecule has 29 heavy (non-hydrogen) atoms. The minimum atomic E-state index is 0.171. The van der Waals surface area contributed by atoms with Gasteiger partial charge in [-0.2, -0.15) is 0 Å². The maximum Gasteiger partial charge on any atom is 0.194 e. The zero-order chi connectivity index (χ0) is 19.6. The predicted octanol–water partition coefficient (Wildman–Crippen LogP) is 6.88. The lowest BCUT2D eigenvalue weighted by Gasteiger charge is -2.26. The van der Waals surface area contributed by atoms with Crippen LogP contribution in [0.2, 0.25) is 0 Å². The quantitative estimate of drug-likeness (QED) is 0.488. The normalized spacial score (nSPS) is 15.3. The number of carbonyl (C=O) groups excluding carboxylic acids is 1. The van der Waals surface area contributed by atoms with E-state index in [9.17, 15) is 4.79 Å². The number of hydrogen-bond donors (Lipinski definition) is 0. The molecule has 0 radical (unpaired) electrons. The summed E-state index contributed by atoms with van der Waals surface area (Å²) in [5.41, 5.74) is 8.64. The molecule has 0 heterocycles. The number of rotatable bonds is 3. The third-order valence-electron chi connectivity index (χ3n) is 5.78. The van der Waals surface area contributed by atoms with Crippen molar-refractivity contribution in [3.05, 3.63) is 130 Å². The molecular weight excluding hydrogens is 352 g/mol. The van der Waals surface area contributed by atoms with E-state index in [1.165, 1.54) is 22.3 Å². The Morgan fingerprint density at radius 3 is 2.03 bits per heavy atom. The van der Waals surface area contributed by atoms with Crippen molar-refractivity contribution in [3.8, 4) is 0 Å². The number of Topliss-reactive ketones (excluding diaryl/α,β-unsaturated/α-hetero) is 1. The molecule has 3 aromatic carbocycles. The highest BCUT2D eigenvalue weighted by Crippen LogP contribution is 2.39. The van der Waals surface area contributed by atoms with Crippen LogP contribution in [-0.4, -0.2) is 5.78 Å². The van der Waals surface area contributed by atoms with Gasteiger partial charge in [-0.15, -0.1) is 0 Å². The standard InChI is InChI=1S/C28H22O/c29-28-25-17-8-7-14-22(25)18-23-15-9-16-24(27(23)28)19-26(20-10-3-1-4-11-20)21-12-5-2-6-13-21/h1-8,10-14,17-19H,9,15-16H2. The van der Waals surface area contributed by atoms with Crippen molar-refractivity contribution in [1.29, 1.82) is 0 Å². The van der Waals surface area contributed by atoms with Gasteiger partial charge in [-0.3, -0.25) is 4.79 Å². The second kappa shape index (κ2) is 7.52. The first-order valence-corrected chi connectivity index (χ1v) is 10.2. The van der Waals surface area contributed by atoms with E-state index in [0.29, 0.717) is 0 Å². The molecule has 2 aliphatic rings. The Balaban J connectivity index is 1.71. The summed E-state index contributed by atoms with van der Waals surface area (Å²) in [7, 11) is 0. The van der Waals surface area contributed by atoms with Gasteiger partial charge in [0, 0.05) is 11.1 Å². The molecule has 5 rings (SSSR count). The van der Waals surface area contributed by atoms with Crippen LogP contribution in [-0.2, 0) is 0 Å². The highest BCUT2D eigenvalue weighted by Gasteiger charge is 2.28. The van der Waals surface area contributed by atoms with E-state index >= 15 is 0 Å². The lowest BCUT2D eigenvalue weighted by Crippen LogP contribution is -2.17. The van der Waals surface area contributed by atoms with Crippen molar-refractivity contribution in [2.24, 2.45) is 0 Å². The van der Waals surface area contributed by atoms with Crippen molar-refractivity contribution in [1.82, 2.24) is 0 Å². The molecule has 2 aliphatic carbocycles. The van der Waals surface area contributed by atoms with E-state index in [1.807, 2.05) is 36.4 Å². The van der Waals surface area contributed by atoms with Gasteiger partial charge in [-0.1, -0.05) is 91.0 Å². The van der Waals surface area contributed by atoms with Crippen LogP contribution in [0.25, 0.3) is 11.6 Å². The summed E-state index contributed by atoms with van der Waals surface area (Å²) in [6.45, 7) is 0. The van der Waals surface area contributed by atoms with Crippen LogP contribution in [0.3, 0.4) is 0 Å². The first-order chi connectivity index (χ1) is 14.3. The van der Waals surface area contributed by atoms with Crippen molar-refractivity contribution in [3.63, 3.8) is 0 Å². The van der Waals surface area contributed by atoms with Gasteiger partial charge in [0.15, 0.2) is 5.78 Å². The minimum Gasteiger partial charge on any atom is -0.289 e. The number of fused-ring (bicyclic) bond motifs is 2. The summed E-state index contributed by atoms with van der Waals surface area (Å²) in [4.78, 5) is 13.4. The maximum absolute atomic E-state index is 13.4. The average molecular weight is 374 g/mol. The molecule has 0 bridgehead atoms. The largest absolute Gasteiger partial charge is 0.289 e. The molecule has 0 saturated heterocycles. The van der Waals surface area contributed by atoms with Gasteiger partial charge in [0.25, 0.3) is 0 Å². The fourth-order valence-electron chi connectivity index (χ4n) is 4.40. The molecule has 1 nitrogen and oxygen atoms in total. The molecule has 0 amide bonds. The van der Waals surface area contributed by atoms with Crippen LogP contribution in [0.1, 0.15) is 46.3 Å². The fourth-order valence-corrected chi connectivity index (χ4v) is 4.40. The fraction of sp³-hybridized carbons (Fsp3) is 0.107. The SMILES string of the molecule is O=C1C2=C(C=C(c3ccccc3)c3ccccc3)CCCC2=Cc2ccccc21. The molecule has 0 unspecified atom stereocenters. The highest BCUT2D eigenvalue weighted by atomic mass is 16.1. The first-order valence-electron chi connectivity index (χ1n) is 10.2. The number of allylic oxidation sites excluding steroid dienone is 4. The Kier molecular flexibility index (Phi) is 4.57. The van der Waals surface area contributed by atoms with Gasteiger partial charge < -0.3 is 0 Å². The second-order valence-corrected chi connectivity index (χ2v) is 7.63. The summed E-state index contributed by atoms with van der Waals surface area (Å²) < 4.78 is 0. The lowest BCUT2D eigenvalue weighted by atomic mass is 9.77. The van der Waals surface area contributed by atoms with Crippen LogP contribution in [0.5, 0.6) is 0 Å². The van der Waals surface area contributed by atoms with Gasteiger partial charge in [-0.25, -0.2) is 0 Å². The summed E-state index contributed by atoms with van der Waals surface area (Å²) >= 11 is 0. The zero-order valence-electron chi connectivity index (χ0n) is 16.3. The number of benzene rings is 3. The van der Waals surface area contributed by atoms with Crippen LogP contribution < -0.4 is 0 Å². The van der Waals surface area contributed by atoms with Gasteiger partial charge >= 0.3 is 0 Å². The first kappa shape index (κ1) is 17.6. The third kappa shape index (κ3) is 3.30. The Bertz CT molecular complexity index is 1120. The maximum atomic E-state index is 13.4. The van der Waals surface area contributed by atoms with Crippen LogP contribution in [0.15, 0.2) is 108 Å². The van der Waals surface area contributed by atoms with Crippen molar-refractivity contribution >= 4 is 17.4 Å². The van der Waals surface area contributed by atoms with E-state index in [2.05, 4.69) is 60.7 Å². The summed E-state index contributed by atoms with van der Waals surface area (Å²) in [5.74, 6) is 0.171. The molecule has 0 atom stereocenters. The van der Waals surface area contributed by atoms with E-state index in [-0.39, 0.29) is 5.78 Å². The summed E-state index contributed by atoms with van der Waals surface area (Å²) in [6, 6.07) is 28.9. The topological polar surface area (TPSA) is 17.1 Å². The molecule has 0 spiro atoms. The van der Waals surface area contributed by atoms with E-state index in [1.54, 1.807) is 0 Å². The number of hydrogen-bond acceptors (Lipinski definition) is 1. The monoisotopic (exact) mass is 374 g/mol. The van der Waals surface area contributed by atoms with Crippen LogP contribution in [0, 0.1) is 0 Å². The van der Waals surface area contributed by atoms with Crippen molar-refractivity contribution in [2.75, 3.05) is 0 Å². The predicted molar refractivity (Wildman–Crippen MR) is 120 cm³/mol. The molecule has 140 valence electrons. The summed E-state index contributed by atoms with van der Waals surface area (Å²) in [6.07, 6.45) is 7.44. The Morgan fingerprint density at radius 2 is 1.34 bits per heavy atom. The zero-order valence-corrected chi connectivity index (χ0v) is 16.3. The smallest absolute Gasteiger partial charge is 0.194 e. The van der Waals surface area contributed by atoms with E-state index in [4.69, 9.17) is 0 Å². The minimum absolute atomic E-state index is 0.171. The molecule has 0 aromatic heterocycles. The molecule has 0 aliphatic heterocycles. The lowest BCUT2D eigenvalue weighted by molar-refractivity contribution is 0.103. The molecular formula is C28H22O. The van der Waals surface area contributed by atoms with Crippen LogP contribution >= 0.6 is 0 Å². The Labute approximate surface area is 171 Å².